The smallest absolute Gasteiger partial charge is 0.214 e. The maximum absolute atomic E-state index is 11.7. The molecule has 1 N–H and O–H groups in total. The molecule has 1 aliphatic heterocycles. The molecule has 0 bridgehead atoms. The third kappa shape index (κ3) is 2.82. The van der Waals surface area contributed by atoms with Gasteiger partial charge in [-0.1, -0.05) is 0 Å². The lowest BCUT2D eigenvalue weighted by Crippen LogP contribution is -2.39. The number of aliphatic hydroxyl groups is 1. The number of rotatable bonds is 5. The molecule has 0 amide bonds. The van der Waals surface area contributed by atoms with Gasteiger partial charge in [0.05, 0.1) is 12.4 Å². The van der Waals surface area contributed by atoms with E-state index in [4.69, 9.17) is 16.7 Å². The van der Waals surface area contributed by atoms with E-state index in [0.29, 0.717) is 18.8 Å². The summed E-state index contributed by atoms with van der Waals surface area (Å²) in [7, 11) is -3.19. The number of aliphatic hydroxyl groups excluding tert-OH is 1. The van der Waals surface area contributed by atoms with Crippen molar-refractivity contribution in [1.29, 1.82) is 0 Å². The Kier molecular flexibility index (Phi) is 4.63. The standard InChI is InChI=1S/C8H16ClNO3S/c9-4-2-6-14(12,13)10-5-1-3-8(10)7-11/h8,11H,1-7H2/t8-/m0/s1. The first kappa shape index (κ1) is 12.2. The molecule has 4 nitrogen and oxygen atoms in total. The molecule has 1 fully saturated rings. The Balaban J connectivity index is 2.61. The molecule has 14 heavy (non-hydrogen) atoms. The highest BCUT2D eigenvalue weighted by atomic mass is 35.5. The lowest BCUT2D eigenvalue weighted by molar-refractivity contribution is 0.213. The minimum Gasteiger partial charge on any atom is -0.395 e. The van der Waals surface area contributed by atoms with E-state index in [0.717, 1.165) is 12.8 Å². The zero-order chi connectivity index (χ0) is 10.6. The first-order valence-electron chi connectivity index (χ1n) is 4.78. The number of halogens is 1. The molecule has 6 heteroatoms. The average Bonchev–Trinajstić information content (AvgIpc) is 2.63. The van der Waals surface area contributed by atoms with Crippen molar-refractivity contribution >= 4 is 21.6 Å². The van der Waals surface area contributed by atoms with Crippen molar-refractivity contribution in [2.45, 2.75) is 25.3 Å². The van der Waals surface area contributed by atoms with E-state index in [9.17, 15) is 8.42 Å². The third-order valence-electron chi connectivity index (χ3n) is 2.43. The number of sulfonamides is 1. The van der Waals surface area contributed by atoms with E-state index in [1.54, 1.807) is 0 Å². The second-order valence-electron chi connectivity index (χ2n) is 3.45. The summed E-state index contributed by atoms with van der Waals surface area (Å²) in [4.78, 5) is 0. The zero-order valence-corrected chi connectivity index (χ0v) is 9.60. The summed E-state index contributed by atoms with van der Waals surface area (Å²) in [5.74, 6) is 0.448. The Morgan fingerprint density at radius 3 is 2.79 bits per heavy atom. The third-order valence-corrected chi connectivity index (χ3v) is 4.69. The summed E-state index contributed by atoms with van der Waals surface area (Å²) in [6, 6.07) is -0.213. The highest BCUT2D eigenvalue weighted by molar-refractivity contribution is 7.89. The number of alkyl halides is 1. The van der Waals surface area contributed by atoms with Gasteiger partial charge >= 0.3 is 0 Å². The van der Waals surface area contributed by atoms with Crippen LogP contribution in [0.3, 0.4) is 0 Å². The predicted molar refractivity (Wildman–Crippen MR) is 55.9 cm³/mol. The maximum Gasteiger partial charge on any atom is 0.214 e. The van der Waals surface area contributed by atoms with Crippen LogP contribution in [0.1, 0.15) is 19.3 Å². The van der Waals surface area contributed by atoms with Gasteiger partial charge in [0.2, 0.25) is 10.0 Å². The van der Waals surface area contributed by atoms with E-state index in [1.807, 2.05) is 0 Å². The fourth-order valence-electron chi connectivity index (χ4n) is 1.71. The molecule has 1 saturated heterocycles. The van der Waals surface area contributed by atoms with Gasteiger partial charge in [-0.05, 0) is 19.3 Å². The Bertz CT molecular complexity index is 268. The van der Waals surface area contributed by atoms with Crippen LogP contribution in [0.15, 0.2) is 0 Å². The molecule has 0 aromatic carbocycles. The number of hydrogen-bond acceptors (Lipinski definition) is 3. The van der Waals surface area contributed by atoms with E-state index < -0.39 is 10.0 Å². The quantitative estimate of drug-likeness (QED) is 0.709. The summed E-state index contributed by atoms with van der Waals surface area (Å²) in [6.45, 7) is 0.454. The van der Waals surface area contributed by atoms with Gasteiger partial charge in [0.15, 0.2) is 0 Å². The predicted octanol–water partition coefficient (Wildman–Crippen LogP) is 0.402. The second-order valence-corrected chi connectivity index (χ2v) is 5.87. The normalized spacial score (nSPS) is 24.3. The Hall–Kier alpha value is 0.160. The van der Waals surface area contributed by atoms with Gasteiger partial charge in [0, 0.05) is 18.5 Å². The Morgan fingerprint density at radius 1 is 1.50 bits per heavy atom. The molecule has 1 aliphatic rings. The average molecular weight is 242 g/mol. The van der Waals surface area contributed by atoms with Gasteiger partial charge in [0.25, 0.3) is 0 Å². The Morgan fingerprint density at radius 2 is 2.21 bits per heavy atom. The zero-order valence-electron chi connectivity index (χ0n) is 8.02. The minimum absolute atomic E-state index is 0.0832. The van der Waals surface area contributed by atoms with Crippen LogP contribution in [0.25, 0.3) is 0 Å². The van der Waals surface area contributed by atoms with Gasteiger partial charge in [-0.15, -0.1) is 11.6 Å². The Labute approximate surface area is 89.9 Å². The van der Waals surface area contributed by atoms with Crippen molar-refractivity contribution in [2.24, 2.45) is 0 Å². The fraction of sp³-hybridized carbons (Fsp3) is 1.00. The van der Waals surface area contributed by atoms with Crippen molar-refractivity contribution < 1.29 is 13.5 Å². The lowest BCUT2D eigenvalue weighted by Gasteiger charge is -2.21. The van der Waals surface area contributed by atoms with Crippen LogP contribution >= 0.6 is 11.6 Å². The van der Waals surface area contributed by atoms with E-state index in [2.05, 4.69) is 0 Å². The van der Waals surface area contributed by atoms with Crippen LogP contribution in [-0.4, -0.2) is 48.7 Å². The van der Waals surface area contributed by atoms with Gasteiger partial charge in [-0.3, -0.25) is 0 Å². The SMILES string of the molecule is O=S(=O)(CCCCl)N1CCC[C@H]1CO. The summed E-state index contributed by atoms with van der Waals surface area (Å²) < 4.78 is 24.9. The van der Waals surface area contributed by atoms with Crippen molar-refractivity contribution in [3.05, 3.63) is 0 Å². The molecular formula is C8H16ClNO3S. The summed E-state index contributed by atoms with van der Waals surface area (Å²) in [5.41, 5.74) is 0. The molecular weight excluding hydrogens is 226 g/mol. The highest BCUT2D eigenvalue weighted by Gasteiger charge is 2.32. The summed E-state index contributed by atoms with van der Waals surface area (Å²) >= 11 is 5.45. The molecule has 0 unspecified atom stereocenters. The van der Waals surface area contributed by atoms with Crippen LogP contribution in [0.2, 0.25) is 0 Å². The molecule has 1 rings (SSSR count). The van der Waals surface area contributed by atoms with Crippen LogP contribution in [0, 0.1) is 0 Å². The highest BCUT2D eigenvalue weighted by Crippen LogP contribution is 2.21. The van der Waals surface area contributed by atoms with Crippen LogP contribution in [0.4, 0.5) is 0 Å². The molecule has 0 radical (unpaired) electrons. The van der Waals surface area contributed by atoms with Gasteiger partial charge in [-0.25, -0.2) is 8.42 Å². The monoisotopic (exact) mass is 241 g/mol. The van der Waals surface area contributed by atoms with Crippen molar-refractivity contribution in [1.82, 2.24) is 4.31 Å². The molecule has 0 aromatic rings. The van der Waals surface area contributed by atoms with Gasteiger partial charge < -0.3 is 5.11 Å². The molecule has 1 heterocycles. The van der Waals surface area contributed by atoms with Crippen LogP contribution in [-0.2, 0) is 10.0 Å². The molecule has 0 spiro atoms. The van der Waals surface area contributed by atoms with Crippen LogP contribution in [0.5, 0.6) is 0 Å². The van der Waals surface area contributed by atoms with Crippen LogP contribution < -0.4 is 0 Å². The first-order chi connectivity index (χ1) is 6.61. The second kappa shape index (κ2) is 5.30. The molecule has 84 valence electrons. The van der Waals surface area contributed by atoms with E-state index in [-0.39, 0.29) is 18.4 Å². The molecule has 0 aliphatic carbocycles. The largest absolute Gasteiger partial charge is 0.395 e. The molecule has 0 aromatic heterocycles. The molecule has 0 saturated carbocycles. The minimum atomic E-state index is -3.19. The van der Waals surface area contributed by atoms with Gasteiger partial charge in [0.1, 0.15) is 0 Å². The van der Waals surface area contributed by atoms with Gasteiger partial charge in [-0.2, -0.15) is 4.31 Å². The number of hydrogen-bond donors (Lipinski definition) is 1. The molecule has 1 atom stereocenters. The van der Waals surface area contributed by atoms with E-state index >= 15 is 0 Å². The van der Waals surface area contributed by atoms with Crippen molar-refractivity contribution in [3.63, 3.8) is 0 Å². The number of nitrogens with zero attached hydrogens (tertiary/aromatic N) is 1. The van der Waals surface area contributed by atoms with Crippen molar-refractivity contribution in [2.75, 3.05) is 24.8 Å². The fourth-order valence-corrected chi connectivity index (χ4v) is 3.78. The summed E-state index contributed by atoms with van der Waals surface area (Å²) in [5, 5.41) is 8.99. The van der Waals surface area contributed by atoms with Crippen molar-refractivity contribution in [3.8, 4) is 0 Å². The maximum atomic E-state index is 11.7. The van der Waals surface area contributed by atoms with E-state index in [1.165, 1.54) is 4.31 Å². The summed E-state index contributed by atoms with van der Waals surface area (Å²) in [6.07, 6.45) is 2.07. The lowest BCUT2D eigenvalue weighted by atomic mass is 10.2. The first-order valence-corrected chi connectivity index (χ1v) is 6.92. The topological polar surface area (TPSA) is 57.6 Å².